The van der Waals surface area contributed by atoms with E-state index in [0.717, 1.165) is 24.1 Å². The Balaban J connectivity index is 2.72. The molecule has 0 radical (unpaired) electrons. The molecule has 0 spiro atoms. The maximum atomic E-state index is 12.5. The summed E-state index contributed by atoms with van der Waals surface area (Å²) in [5, 5.41) is 0. The maximum Gasteiger partial charge on any atom is 0.218 e. The lowest BCUT2D eigenvalue weighted by Gasteiger charge is -2.21. The summed E-state index contributed by atoms with van der Waals surface area (Å²) in [7, 11) is 0.704. The van der Waals surface area contributed by atoms with Gasteiger partial charge in [-0.3, -0.25) is 0 Å². The number of sulfonamides is 1. The molecule has 0 saturated heterocycles. The van der Waals surface area contributed by atoms with E-state index in [1.165, 1.54) is 0 Å². The SMILES string of the molecule is CCN(CCCN(C)C)S(=O)(=O)Cc1cccc(CN)c1. The van der Waals surface area contributed by atoms with Gasteiger partial charge in [0.05, 0.1) is 5.75 Å². The average molecular weight is 313 g/mol. The van der Waals surface area contributed by atoms with Gasteiger partial charge in [-0.15, -0.1) is 0 Å². The quantitative estimate of drug-likeness (QED) is 0.745. The van der Waals surface area contributed by atoms with Crippen LogP contribution >= 0.6 is 0 Å². The largest absolute Gasteiger partial charge is 0.326 e. The first-order chi connectivity index (χ1) is 9.89. The predicted octanol–water partition coefficient (Wildman–Crippen LogP) is 1.25. The van der Waals surface area contributed by atoms with Crippen LogP contribution < -0.4 is 5.73 Å². The van der Waals surface area contributed by atoms with Crippen LogP contribution in [0.1, 0.15) is 24.5 Å². The van der Waals surface area contributed by atoms with Crippen LogP contribution in [0.3, 0.4) is 0 Å². The lowest BCUT2D eigenvalue weighted by atomic mass is 10.1. The minimum Gasteiger partial charge on any atom is -0.326 e. The molecule has 2 N–H and O–H groups in total. The van der Waals surface area contributed by atoms with E-state index in [1.807, 2.05) is 45.3 Å². The summed E-state index contributed by atoms with van der Waals surface area (Å²) >= 11 is 0. The zero-order chi connectivity index (χ0) is 15.9. The molecule has 0 atom stereocenters. The molecule has 0 bridgehead atoms. The Morgan fingerprint density at radius 1 is 1.14 bits per heavy atom. The Labute approximate surface area is 128 Å². The van der Waals surface area contributed by atoms with Crippen LogP contribution in [0.4, 0.5) is 0 Å². The lowest BCUT2D eigenvalue weighted by molar-refractivity contribution is 0.356. The molecule has 0 amide bonds. The first-order valence-corrected chi connectivity index (χ1v) is 8.90. The van der Waals surface area contributed by atoms with E-state index < -0.39 is 10.0 Å². The Kier molecular flexibility index (Phi) is 7.31. The molecule has 0 fully saturated rings. The van der Waals surface area contributed by atoms with Crippen molar-refractivity contribution >= 4 is 10.0 Å². The van der Waals surface area contributed by atoms with Crippen LogP contribution in [0.15, 0.2) is 24.3 Å². The fourth-order valence-corrected chi connectivity index (χ4v) is 3.79. The summed E-state index contributed by atoms with van der Waals surface area (Å²) in [6.45, 7) is 4.26. The molecular weight excluding hydrogens is 286 g/mol. The van der Waals surface area contributed by atoms with E-state index in [0.29, 0.717) is 19.6 Å². The van der Waals surface area contributed by atoms with Crippen LogP contribution in [0.2, 0.25) is 0 Å². The Bertz CT molecular complexity index is 529. The van der Waals surface area contributed by atoms with Gasteiger partial charge >= 0.3 is 0 Å². The summed E-state index contributed by atoms with van der Waals surface area (Å²) in [6.07, 6.45) is 0.836. The zero-order valence-electron chi connectivity index (χ0n) is 13.2. The summed E-state index contributed by atoms with van der Waals surface area (Å²) in [5.41, 5.74) is 7.35. The standard InChI is InChI=1S/C15H27N3O2S/c1-4-18(10-6-9-17(2)3)21(19,20)13-15-8-5-7-14(11-15)12-16/h5,7-8,11H,4,6,9-10,12-13,16H2,1-3H3. The predicted molar refractivity (Wildman–Crippen MR) is 87.4 cm³/mol. The number of benzene rings is 1. The first kappa shape index (κ1) is 18.1. The minimum absolute atomic E-state index is 0.0383. The van der Waals surface area contributed by atoms with Gasteiger partial charge in [-0.05, 0) is 38.2 Å². The second-order valence-electron chi connectivity index (χ2n) is 5.43. The van der Waals surface area contributed by atoms with Crippen molar-refractivity contribution < 1.29 is 8.42 Å². The summed E-state index contributed by atoms with van der Waals surface area (Å²) in [4.78, 5) is 2.06. The van der Waals surface area contributed by atoms with Gasteiger partial charge in [-0.2, -0.15) is 0 Å². The van der Waals surface area contributed by atoms with Gasteiger partial charge in [0.25, 0.3) is 0 Å². The normalized spacial score (nSPS) is 12.3. The number of nitrogens with zero attached hydrogens (tertiary/aromatic N) is 2. The van der Waals surface area contributed by atoms with Gasteiger partial charge in [0.1, 0.15) is 0 Å². The van der Waals surface area contributed by atoms with Crippen LogP contribution in [0.25, 0.3) is 0 Å². The molecule has 1 aromatic carbocycles. The molecule has 0 aliphatic rings. The number of hydrogen-bond acceptors (Lipinski definition) is 4. The number of hydrogen-bond donors (Lipinski definition) is 1. The molecule has 0 aliphatic carbocycles. The van der Waals surface area contributed by atoms with Crippen LogP contribution in [0.5, 0.6) is 0 Å². The first-order valence-electron chi connectivity index (χ1n) is 7.29. The molecule has 120 valence electrons. The second kappa shape index (κ2) is 8.48. The third kappa shape index (κ3) is 6.13. The molecule has 6 heteroatoms. The molecule has 0 unspecified atom stereocenters. The van der Waals surface area contributed by atoms with Crippen LogP contribution in [0, 0.1) is 0 Å². The van der Waals surface area contributed by atoms with Gasteiger partial charge < -0.3 is 10.6 Å². The van der Waals surface area contributed by atoms with E-state index in [-0.39, 0.29) is 5.75 Å². The zero-order valence-corrected chi connectivity index (χ0v) is 14.1. The molecule has 0 aromatic heterocycles. The molecule has 0 heterocycles. The highest BCUT2D eigenvalue weighted by Gasteiger charge is 2.20. The molecule has 5 nitrogen and oxygen atoms in total. The van der Waals surface area contributed by atoms with Gasteiger partial charge in [-0.25, -0.2) is 12.7 Å². The van der Waals surface area contributed by atoms with E-state index in [1.54, 1.807) is 4.31 Å². The summed E-state index contributed by atoms with van der Waals surface area (Å²) < 4.78 is 26.5. The molecule has 1 rings (SSSR count). The van der Waals surface area contributed by atoms with Crippen molar-refractivity contribution in [3.8, 4) is 0 Å². The molecule has 21 heavy (non-hydrogen) atoms. The fraction of sp³-hybridized carbons (Fsp3) is 0.600. The lowest BCUT2D eigenvalue weighted by Crippen LogP contribution is -2.34. The highest BCUT2D eigenvalue weighted by atomic mass is 32.2. The summed E-state index contributed by atoms with van der Waals surface area (Å²) in [6, 6.07) is 7.47. The van der Waals surface area contributed by atoms with Gasteiger partial charge in [-0.1, -0.05) is 31.2 Å². The number of rotatable bonds is 9. The van der Waals surface area contributed by atoms with Crippen molar-refractivity contribution in [2.24, 2.45) is 5.73 Å². The molecule has 1 aromatic rings. The van der Waals surface area contributed by atoms with Gasteiger partial charge in [0, 0.05) is 19.6 Å². The smallest absolute Gasteiger partial charge is 0.218 e. The minimum atomic E-state index is -3.27. The van der Waals surface area contributed by atoms with Crippen molar-refractivity contribution in [2.45, 2.75) is 25.6 Å². The third-order valence-corrected chi connectivity index (χ3v) is 5.26. The summed E-state index contributed by atoms with van der Waals surface area (Å²) in [5.74, 6) is 0.0383. The van der Waals surface area contributed by atoms with Gasteiger partial charge in [0.2, 0.25) is 10.0 Å². The van der Waals surface area contributed by atoms with Crippen molar-refractivity contribution in [2.75, 3.05) is 33.7 Å². The van der Waals surface area contributed by atoms with E-state index in [4.69, 9.17) is 5.73 Å². The fourth-order valence-electron chi connectivity index (χ4n) is 2.21. The maximum absolute atomic E-state index is 12.5. The molecular formula is C15H27N3O2S. The topological polar surface area (TPSA) is 66.6 Å². The Morgan fingerprint density at radius 2 is 1.81 bits per heavy atom. The Morgan fingerprint density at radius 3 is 2.38 bits per heavy atom. The van der Waals surface area contributed by atoms with Gasteiger partial charge in [0.15, 0.2) is 0 Å². The van der Waals surface area contributed by atoms with Crippen molar-refractivity contribution in [3.63, 3.8) is 0 Å². The van der Waals surface area contributed by atoms with E-state index in [2.05, 4.69) is 4.90 Å². The average Bonchev–Trinajstić information content (AvgIpc) is 2.42. The van der Waals surface area contributed by atoms with E-state index >= 15 is 0 Å². The van der Waals surface area contributed by atoms with Crippen molar-refractivity contribution in [1.82, 2.24) is 9.21 Å². The van der Waals surface area contributed by atoms with Crippen LogP contribution in [-0.4, -0.2) is 51.4 Å². The highest BCUT2D eigenvalue weighted by Crippen LogP contribution is 2.13. The highest BCUT2D eigenvalue weighted by molar-refractivity contribution is 7.88. The molecule has 0 saturated carbocycles. The van der Waals surface area contributed by atoms with Crippen molar-refractivity contribution in [1.29, 1.82) is 0 Å². The Hall–Kier alpha value is -0.950. The number of nitrogens with two attached hydrogens (primary N) is 1. The second-order valence-corrected chi connectivity index (χ2v) is 7.40. The van der Waals surface area contributed by atoms with Crippen molar-refractivity contribution in [3.05, 3.63) is 35.4 Å². The van der Waals surface area contributed by atoms with Crippen LogP contribution in [-0.2, 0) is 22.3 Å². The monoisotopic (exact) mass is 313 g/mol. The third-order valence-electron chi connectivity index (χ3n) is 3.34. The molecule has 0 aliphatic heterocycles. The van der Waals surface area contributed by atoms with E-state index in [9.17, 15) is 8.42 Å².